The highest BCUT2D eigenvalue weighted by molar-refractivity contribution is 5.87. The molecule has 1 N–H and O–H groups in total. The standard InChI is InChI=1S/C10H19N3O3/c1-10(2,3)13(9(15)16)6-8(14)11-7-12(4)5/h7H,6H2,1-5H3,(H,15,16). The average molecular weight is 229 g/mol. The summed E-state index contributed by atoms with van der Waals surface area (Å²) in [4.78, 5) is 28.6. The molecule has 92 valence electrons. The summed E-state index contributed by atoms with van der Waals surface area (Å²) in [5.41, 5.74) is -0.616. The number of rotatable bonds is 3. The van der Waals surface area contributed by atoms with Gasteiger partial charge in [-0.25, -0.2) is 9.79 Å². The van der Waals surface area contributed by atoms with Crippen LogP contribution < -0.4 is 0 Å². The van der Waals surface area contributed by atoms with Crippen LogP contribution in [-0.2, 0) is 4.79 Å². The van der Waals surface area contributed by atoms with Gasteiger partial charge in [-0.1, -0.05) is 0 Å². The van der Waals surface area contributed by atoms with Crippen LogP contribution >= 0.6 is 0 Å². The molecule has 0 spiro atoms. The van der Waals surface area contributed by atoms with Gasteiger partial charge in [-0.3, -0.25) is 9.69 Å². The van der Waals surface area contributed by atoms with E-state index < -0.39 is 17.5 Å². The summed E-state index contributed by atoms with van der Waals surface area (Å²) in [5, 5.41) is 8.95. The van der Waals surface area contributed by atoms with E-state index in [-0.39, 0.29) is 6.54 Å². The summed E-state index contributed by atoms with van der Waals surface area (Å²) in [6.45, 7) is 4.95. The molecule has 0 saturated carbocycles. The maximum absolute atomic E-state index is 11.4. The van der Waals surface area contributed by atoms with Crippen molar-refractivity contribution in [2.75, 3.05) is 20.6 Å². The first kappa shape index (κ1) is 14.4. The van der Waals surface area contributed by atoms with E-state index in [1.807, 2.05) is 0 Å². The van der Waals surface area contributed by atoms with Crippen LogP contribution in [0.25, 0.3) is 0 Å². The predicted octanol–water partition coefficient (Wildman–Crippen LogP) is 0.881. The number of aliphatic imine (C=N–C) groups is 1. The quantitative estimate of drug-likeness (QED) is 0.576. The van der Waals surface area contributed by atoms with Crippen LogP contribution in [0, 0.1) is 0 Å². The topological polar surface area (TPSA) is 73.2 Å². The first-order valence-electron chi connectivity index (χ1n) is 4.88. The lowest BCUT2D eigenvalue weighted by Crippen LogP contribution is -2.47. The highest BCUT2D eigenvalue weighted by atomic mass is 16.4. The molecule has 6 nitrogen and oxygen atoms in total. The van der Waals surface area contributed by atoms with Gasteiger partial charge in [-0.2, -0.15) is 0 Å². The minimum atomic E-state index is -1.12. The molecular weight excluding hydrogens is 210 g/mol. The van der Waals surface area contributed by atoms with E-state index in [9.17, 15) is 9.59 Å². The van der Waals surface area contributed by atoms with Gasteiger partial charge in [0.2, 0.25) is 0 Å². The summed E-state index contributed by atoms with van der Waals surface area (Å²) < 4.78 is 0. The predicted molar refractivity (Wildman–Crippen MR) is 61.7 cm³/mol. The Morgan fingerprint density at radius 2 is 1.81 bits per heavy atom. The minimum Gasteiger partial charge on any atom is -0.465 e. The van der Waals surface area contributed by atoms with Gasteiger partial charge in [0.05, 0.1) is 6.34 Å². The van der Waals surface area contributed by atoms with Crippen molar-refractivity contribution in [1.29, 1.82) is 0 Å². The minimum absolute atomic E-state index is 0.233. The average Bonchev–Trinajstić information content (AvgIpc) is 2.08. The molecule has 0 unspecified atom stereocenters. The van der Waals surface area contributed by atoms with Gasteiger partial charge in [0, 0.05) is 19.6 Å². The Bertz CT molecular complexity index is 292. The molecule has 0 rings (SSSR count). The van der Waals surface area contributed by atoms with Gasteiger partial charge in [-0.05, 0) is 20.8 Å². The molecule has 2 amide bonds. The molecule has 0 aliphatic carbocycles. The van der Waals surface area contributed by atoms with Crippen LogP contribution in [0.2, 0.25) is 0 Å². The van der Waals surface area contributed by atoms with Crippen LogP contribution in [0.1, 0.15) is 20.8 Å². The van der Waals surface area contributed by atoms with Crippen molar-refractivity contribution in [3.8, 4) is 0 Å². The largest absolute Gasteiger partial charge is 0.465 e. The second-order valence-corrected chi connectivity index (χ2v) is 4.64. The second kappa shape index (κ2) is 5.48. The van der Waals surface area contributed by atoms with Crippen molar-refractivity contribution in [2.45, 2.75) is 26.3 Å². The van der Waals surface area contributed by atoms with E-state index in [0.29, 0.717) is 0 Å². The maximum Gasteiger partial charge on any atom is 0.408 e. The SMILES string of the molecule is CN(C)C=NC(=O)CN(C(=O)O)C(C)(C)C. The summed E-state index contributed by atoms with van der Waals surface area (Å²) in [6, 6.07) is 0. The molecule has 6 heteroatoms. The molecule has 0 aromatic heterocycles. The van der Waals surface area contributed by atoms with Gasteiger partial charge in [0.1, 0.15) is 6.54 Å². The molecule has 0 fully saturated rings. The van der Waals surface area contributed by atoms with Crippen molar-refractivity contribution >= 4 is 18.3 Å². The second-order valence-electron chi connectivity index (χ2n) is 4.64. The lowest BCUT2D eigenvalue weighted by Gasteiger charge is -2.31. The third-order valence-corrected chi connectivity index (χ3v) is 1.77. The molecule has 16 heavy (non-hydrogen) atoms. The monoisotopic (exact) mass is 229 g/mol. The fourth-order valence-corrected chi connectivity index (χ4v) is 0.948. The molecule has 0 aromatic carbocycles. The summed E-state index contributed by atoms with van der Waals surface area (Å²) in [6.07, 6.45) is 0.228. The zero-order valence-electron chi connectivity index (χ0n) is 10.4. The number of carbonyl (C=O) groups excluding carboxylic acids is 1. The third-order valence-electron chi connectivity index (χ3n) is 1.77. The normalized spacial score (nSPS) is 11.6. The van der Waals surface area contributed by atoms with Crippen LogP contribution in [0.3, 0.4) is 0 Å². The Labute approximate surface area is 95.6 Å². The molecular formula is C10H19N3O3. The van der Waals surface area contributed by atoms with E-state index in [1.54, 1.807) is 39.8 Å². The number of amides is 2. The molecule has 0 radical (unpaired) electrons. The summed E-state index contributed by atoms with van der Waals surface area (Å²) >= 11 is 0. The molecule has 0 aliphatic heterocycles. The van der Waals surface area contributed by atoms with Crippen molar-refractivity contribution in [3.05, 3.63) is 0 Å². The fourth-order valence-electron chi connectivity index (χ4n) is 0.948. The first-order chi connectivity index (χ1) is 7.14. The summed E-state index contributed by atoms with van der Waals surface area (Å²) in [7, 11) is 3.46. The van der Waals surface area contributed by atoms with Crippen LogP contribution in [-0.4, -0.2) is 59.4 Å². The number of nitrogens with zero attached hydrogens (tertiary/aromatic N) is 3. The Morgan fingerprint density at radius 1 is 1.31 bits per heavy atom. The Kier molecular flexibility index (Phi) is 4.94. The Hall–Kier alpha value is -1.59. The van der Waals surface area contributed by atoms with Crippen molar-refractivity contribution in [1.82, 2.24) is 9.80 Å². The van der Waals surface area contributed by atoms with Gasteiger partial charge >= 0.3 is 6.09 Å². The number of hydrogen-bond acceptors (Lipinski definition) is 2. The van der Waals surface area contributed by atoms with E-state index >= 15 is 0 Å². The third kappa shape index (κ3) is 5.33. The van der Waals surface area contributed by atoms with Crippen LogP contribution in [0.15, 0.2) is 4.99 Å². The van der Waals surface area contributed by atoms with E-state index in [2.05, 4.69) is 4.99 Å². The van der Waals surface area contributed by atoms with Crippen LogP contribution in [0.4, 0.5) is 4.79 Å². The molecule has 0 aliphatic rings. The fraction of sp³-hybridized carbons (Fsp3) is 0.700. The van der Waals surface area contributed by atoms with E-state index in [0.717, 1.165) is 4.90 Å². The van der Waals surface area contributed by atoms with Crippen LogP contribution in [0.5, 0.6) is 0 Å². The van der Waals surface area contributed by atoms with Gasteiger partial charge in [-0.15, -0.1) is 0 Å². The van der Waals surface area contributed by atoms with Crippen molar-refractivity contribution in [2.24, 2.45) is 4.99 Å². The number of carbonyl (C=O) groups is 2. The Morgan fingerprint density at radius 3 is 2.12 bits per heavy atom. The molecule has 0 saturated heterocycles. The van der Waals surface area contributed by atoms with Gasteiger partial charge in [0.15, 0.2) is 0 Å². The lowest BCUT2D eigenvalue weighted by atomic mass is 10.1. The lowest BCUT2D eigenvalue weighted by molar-refractivity contribution is -0.119. The zero-order chi connectivity index (χ0) is 12.9. The molecule has 0 bridgehead atoms. The molecule has 0 atom stereocenters. The molecule has 0 heterocycles. The highest BCUT2D eigenvalue weighted by Crippen LogP contribution is 2.12. The Balaban J connectivity index is 4.55. The smallest absolute Gasteiger partial charge is 0.408 e. The van der Waals surface area contributed by atoms with Gasteiger partial charge in [0.25, 0.3) is 5.91 Å². The zero-order valence-corrected chi connectivity index (χ0v) is 10.4. The van der Waals surface area contributed by atoms with Crippen molar-refractivity contribution < 1.29 is 14.7 Å². The number of carboxylic acid groups (broad SMARTS) is 1. The summed E-state index contributed by atoms with van der Waals surface area (Å²) in [5.74, 6) is -0.481. The first-order valence-corrected chi connectivity index (χ1v) is 4.88. The van der Waals surface area contributed by atoms with Crippen molar-refractivity contribution in [3.63, 3.8) is 0 Å². The van der Waals surface area contributed by atoms with Gasteiger partial charge < -0.3 is 10.0 Å². The highest BCUT2D eigenvalue weighted by Gasteiger charge is 2.27. The number of hydrogen-bond donors (Lipinski definition) is 1. The van der Waals surface area contributed by atoms with E-state index in [1.165, 1.54) is 6.34 Å². The molecule has 0 aromatic rings. The maximum atomic E-state index is 11.4. The van der Waals surface area contributed by atoms with E-state index in [4.69, 9.17) is 5.11 Å².